The fourth-order valence-corrected chi connectivity index (χ4v) is 3.18. The minimum absolute atomic E-state index is 0.0703. The van der Waals surface area contributed by atoms with Crippen LogP contribution in [0.25, 0.3) is 11.1 Å². The highest BCUT2D eigenvalue weighted by atomic mass is 35.5. The standard InChI is InChI=1S/C22H22ClFN4O5/c1-2-33-20-10-18(25-26-20)21(30)27-28(12-19(29)22(31)32)11-13-3-5-14(6-4-13)16-9-15(23)7-8-17(16)24/h3-10,19,29H,2,11-12H2,1H3,(H,25,26)(H,27,30)(H,31,32)/t19-/m1/s1. The van der Waals surface area contributed by atoms with Crippen LogP contribution in [0.5, 0.6) is 5.88 Å². The Morgan fingerprint density at radius 3 is 2.64 bits per heavy atom. The van der Waals surface area contributed by atoms with Crippen molar-refractivity contribution in [1.29, 1.82) is 0 Å². The lowest BCUT2D eigenvalue weighted by molar-refractivity contribution is -0.148. The molecular formula is C22H22ClFN4O5. The Morgan fingerprint density at radius 2 is 1.97 bits per heavy atom. The largest absolute Gasteiger partial charge is 0.479 e. The van der Waals surface area contributed by atoms with Crippen LogP contribution in [-0.4, -0.2) is 56.6 Å². The van der Waals surface area contributed by atoms with Crippen LogP contribution in [0.2, 0.25) is 5.02 Å². The van der Waals surface area contributed by atoms with E-state index in [1.54, 1.807) is 31.2 Å². The summed E-state index contributed by atoms with van der Waals surface area (Å²) in [4.78, 5) is 23.7. The molecule has 174 valence electrons. The molecule has 3 aromatic rings. The van der Waals surface area contributed by atoms with Crippen LogP contribution >= 0.6 is 11.6 Å². The van der Waals surface area contributed by atoms with E-state index in [4.69, 9.17) is 21.4 Å². The zero-order valence-electron chi connectivity index (χ0n) is 17.6. The number of ether oxygens (including phenoxy) is 1. The molecule has 2 aromatic carbocycles. The van der Waals surface area contributed by atoms with Gasteiger partial charge in [-0.3, -0.25) is 15.3 Å². The Hall–Kier alpha value is -3.47. The summed E-state index contributed by atoms with van der Waals surface area (Å²) < 4.78 is 19.3. The maximum Gasteiger partial charge on any atom is 0.333 e. The first kappa shape index (κ1) is 24.2. The maximum atomic E-state index is 14.1. The van der Waals surface area contributed by atoms with Gasteiger partial charge in [0, 0.05) is 23.2 Å². The number of nitrogens with zero attached hydrogens (tertiary/aromatic N) is 2. The number of aliphatic hydroxyl groups excluding tert-OH is 1. The first-order valence-corrected chi connectivity index (χ1v) is 10.3. The first-order chi connectivity index (χ1) is 15.8. The Morgan fingerprint density at radius 1 is 1.24 bits per heavy atom. The molecule has 1 atom stereocenters. The molecular weight excluding hydrogens is 455 g/mol. The molecule has 0 aliphatic carbocycles. The summed E-state index contributed by atoms with van der Waals surface area (Å²) >= 11 is 5.96. The number of rotatable bonds is 10. The van der Waals surface area contributed by atoms with Gasteiger partial charge < -0.3 is 14.9 Å². The highest BCUT2D eigenvalue weighted by molar-refractivity contribution is 6.30. The number of benzene rings is 2. The van der Waals surface area contributed by atoms with Crippen LogP contribution < -0.4 is 10.2 Å². The number of amides is 1. The van der Waals surface area contributed by atoms with Crippen LogP contribution in [0.1, 0.15) is 23.0 Å². The number of hydrazine groups is 1. The SMILES string of the molecule is CCOc1cc(C(=O)NN(Cc2ccc(-c3cc(Cl)ccc3F)cc2)C[C@@H](O)C(=O)O)[nH]n1. The van der Waals surface area contributed by atoms with Gasteiger partial charge in [0.05, 0.1) is 13.2 Å². The summed E-state index contributed by atoms with van der Waals surface area (Å²) in [5.74, 6) is -2.20. The molecule has 0 fully saturated rings. The van der Waals surface area contributed by atoms with E-state index in [1.165, 1.54) is 29.3 Å². The third-order valence-electron chi connectivity index (χ3n) is 4.60. The van der Waals surface area contributed by atoms with Crippen molar-refractivity contribution < 1.29 is 28.9 Å². The number of halogens is 2. The van der Waals surface area contributed by atoms with Gasteiger partial charge in [0.25, 0.3) is 5.91 Å². The van der Waals surface area contributed by atoms with Crippen LogP contribution in [0.3, 0.4) is 0 Å². The first-order valence-electron chi connectivity index (χ1n) is 9.96. The van der Waals surface area contributed by atoms with Crippen molar-refractivity contribution in [2.45, 2.75) is 19.6 Å². The number of aromatic amines is 1. The monoisotopic (exact) mass is 476 g/mol. The van der Waals surface area contributed by atoms with Crippen molar-refractivity contribution >= 4 is 23.5 Å². The third kappa shape index (κ3) is 6.51. The Bertz CT molecular complexity index is 1120. The lowest BCUT2D eigenvalue weighted by Crippen LogP contribution is -2.47. The molecule has 0 aliphatic rings. The van der Waals surface area contributed by atoms with Gasteiger partial charge in [0.1, 0.15) is 11.5 Å². The van der Waals surface area contributed by atoms with Gasteiger partial charge in [-0.1, -0.05) is 35.9 Å². The molecule has 0 saturated heterocycles. The number of nitrogens with one attached hydrogen (secondary N) is 2. The lowest BCUT2D eigenvalue weighted by atomic mass is 10.0. The van der Waals surface area contributed by atoms with Crippen LogP contribution in [0.4, 0.5) is 4.39 Å². The molecule has 4 N–H and O–H groups in total. The molecule has 11 heteroatoms. The summed E-state index contributed by atoms with van der Waals surface area (Å²) in [5, 5.41) is 26.9. The van der Waals surface area contributed by atoms with E-state index < -0.39 is 23.8 Å². The van der Waals surface area contributed by atoms with E-state index in [2.05, 4.69) is 15.6 Å². The molecule has 0 spiro atoms. The second kappa shape index (κ2) is 10.9. The number of H-pyrrole nitrogens is 1. The van der Waals surface area contributed by atoms with Crippen molar-refractivity contribution in [3.8, 4) is 17.0 Å². The van der Waals surface area contributed by atoms with Crippen LogP contribution in [0.15, 0.2) is 48.5 Å². The highest BCUT2D eigenvalue weighted by Crippen LogP contribution is 2.26. The topological polar surface area (TPSA) is 128 Å². The fraction of sp³-hybridized carbons (Fsp3) is 0.227. The number of carboxylic acids is 1. The number of carboxylic acid groups (broad SMARTS) is 1. The zero-order valence-corrected chi connectivity index (χ0v) is 18.3. The second-order valence-electron chi connectivity index (χ2n) is 7.05. The van der Waals surface area contributed by atoms with E-state index in [9.17, 15) is 19.1 Å². The van der Waals surface area contributed by atoms with Crippen molar-refractivity contribution in [2.75, 3.05) is 13.2 Å². The summed E-state index contributed by atoms with van der Waals surface area (Å²) in [6.07, 6.45) is -1.73. The van der Waals surface area contributed by atoms with Crippen molar-refractivity contribution in [3.63, 3.8) is 0 Å². The van der Waals surface area contributed by atoms with Crippen LogP contribution in [-0.2, 0) is 11.3 Å². The number of carbonyl (C=O) groups is 2. The fourth-order valence-electron chi connectivity index (χ4n) is 3.01. The molecule has 0 unspecified atom stereocenters. The minimum atomic E-state index is -1.73. The maximum absolute atomic E-state index is 14.1. The van der Waals surface area contributed by atoms with Gasteiger partial charge in [-0.05, 0) is 36.2 Å². The quantitative estimate of drug-likeness (QED) is 0.331. The molecule has 3 rings (SSSR count). The molecule has 0 aliphatic heterocycles. The zero-order chi connectivity index (χ0) is 24.0. The predicted octanol–water partition coefficient (Wildman–Crippen LogP) is 2.86. The molecule has 1 aromatic heterocycles. The van der Waals surface area contributed by atoms with Crippen molar-refractivity contribution in [1.82, 2.24) is 20.6 Å². The smallest absolute Gasteiger partial charge is 0.333 e. The van der Waals surface area contributed by atoms with E-state index >= 15 is 0 Å². The minimum Gasteiger partial charge on any atom is -0.479 e. The second-order valence-corrected chi connectivity index (χ2v) is 7.49. The molecule has 1 heterocycles. The Labute approximate surface area is 193 Å². The third-order valence-corrected chi connectivity index (χ3v) is 4.83. The lowest BCUT2D eigenvalue weighted by Gasteiger charge is -2.24. The summed E-state index contributed by atoms with van der Waals surface area (Å²) in [5.41, 5.74) is 4.27. The number of hydrogen-bond acceptors (Lipinski definition) is 6. The van der Waals surface area contributed by atoms with E-state index in [1.807, 2.05) is 0 Å². The molecule has 9 nitrogen and oxygen atoms in total. The number of hydrogen-bond donors (Lipinski definition) is 4. The van der Waals surface area contributed by atoms with Gasteiger partial charge in [0.2, 0.25) is 5.88 Å². The predicted molar refractivity (Wildman–Crippen MR) is 118 cm³/mol. The normalized spacial score (nSPS) is 11.9. The number of aromatic nitrogens is 2. The average molecular weight is 477 g/mol. The molecule has 0 radical (unpaired) electrons. The summed E-state index contributed by atoms with van der Waals surface area (Å²) in [6, 6.07) is 12.4. The summed E-state index contributed by atoms with van der Waals surface area (Å²) in [6.45, 7) is 1.84. The average Bonchev–Trinajstić information content (AvgIpc) is 3.25. The van der Waals surface area contributed by atoms with Gasteiger partial charge in [-0.2, -0.15) is 0 Å². The van der Waals surface area contributed by atoms with Gasteiger partial charge in [-0.25, -0.2) is 14.2 Å². The molecule has 0 bridgehead atoms. The number of aliphatic hydroxyl groups is 1. The van der Waals surface area contributed by atoms with Gasteiger partial charge in [-0.15, -0.1) is 5.10 Å². The van der Waals surface area contributed by atoms with Crippen LogP contribution in [0, 0.1) is 5.82 Å². The Balaban J connectivity index is 1.75. The summed E-state index contributed by atoms with van der Waals surface area (Å²) in [7, 11) is 0. The van der Waals surface area contributed by atoms with Gasteiger partial charge >= 0.3 is 5.97 Å². The number of aliphatic carboxylic acids is 1. The van der Waals surface area contributed by atoms with Crippen molar-refractivity contribution in [2.24, 2.45) is 0 Å². The molecule has 0 saturated carbocycles. The van der Waals surface area contributed by atoms with Crippen molar-refractivity contribution in [3.05, 3.63) is 70.6 Å². The molecule has 1 amide bonds. The van der Waals surface area contributed by atoms with E-state index in [0.29, 0.717) is 28.3 Å². The van der Waals surface area contributed by atoms with E-state index in [-0.39, 0.29) is 24.7 Å². The van der Waals surface area contributed by atoms with E-state index in [0.717, 1.165) is 0 Å². The molecule has 33 heavy (non-hydrogen) atoms. The highest BCUT2D eigenvalue weighted by Gasteiger charge is 2.21. The van der Waals surface area contributed by atoms with Gasteiger partial charge in [0.15, 0.2) is 6.10 Å². The number of carbonyl (C=O) groups excluding carboxylic acids is 1. The Kier molecular flexibility index (Phi) is 7.99.